The average Bonchev–Trinajstić information content (AvgIpc) is 3.16. The molecule has 0 saturated heterocycles. The number of fused-ring (bicyclic) bond motifs is 1. The predicted molar refractivity (Wildman–Crippen MR) is 86.2 cm³/mol. The molecule has 0 unspecified atom stereocenters. The Balaban J connectivity index is 1.90. The van der Waals surface area contributed by atoms with Crippen LogP contribution in [0.25, 0.3) is 0 Å². The largest absolute Gasteiger partial charge is 0.367 e. The normalized spacial score (nSPS) is 16.0. The molecule has 1 nitrogen and oxygen atoms in total. The van der Waals surface area contributed by atoms with Gasteiger partial charge in [-0.3, -0.25) is 0 Å². The molecule has 0 amide bonds. The summed E-state index contributed by atoms with van der Waals surface area (Å²) in [5, 5.41) is 0. The number of hydrogen-bond donors (Lipinski definition) is 1. The molecule has 2 heterocycles. The number of nitrogens with one attached hydrogen (secondary N) is 1. The van der Waals surface area contributed by atoms with Gasteiger partial charge in [0.2, 0.25) is 0 Å². The molecule has 0 radical (unpaired) electrons. The molecule has 0 saturated carbocycles. The number of thioether (sulfide) groups is 2. The molecule has 1 N–H and O–H groups in total. The second-order valence-corrected chi connectivity index (χ2v) is 7.50. The summed E-state index contributed by atoms with van der Waals surface area (Å²) in [4.78, 5) is 5.93. The third-order valence-electron chi connectivity index (χ3n) is 3.49. The third-order valence-corrected chi connectivity index (χ3v) is 6.79. The van der Waals surface area contributed by atoms with Crippen molar-refractivity contribution in [1.82, 2.24) is 4.98 Å². The van der Waals surface area contributed by atoms with Crippen LogP contribution < -0.4 is 0 Å². The van der Waals surface area contributed by atoms with E-state index in [4.69, 9.17) is 0 Å². The maximum absolute atomic E-state index is 3.20. The van der Waals surface area contributed by atoms with Crippen LogP contribution in [0.5, 0.6) is 0 Å². The van der Waals surface area contributed by atoms with Gasteiger partial charge >= 0.3 is 0 Å². The van der Waals surface area contributed by atoms with Gasteiger partial charge in [0.15, 0.2) is 0 Å². The van der Waals surface area contributed by atoms with Crippen molar-refractivity contribution in [3.05, 3.63) is 84.2 Å². The molecule has 2 aromatic carbocycles. The topological polar surface area (TPSA) is 15.8 Å². The molecule has 0 fully saturated rings. The van der Waals surface area contributed by atoms with Crippen LogP contribution >= 0.6 is 23.5 Å². The highest BCUT2D eigenvalue weighted by Gasteiger charge is 2.42. The number of rotatable bonds is 2. The van der Waals surface area contributed by atoms with Crippen molar-refractivity contribution in [3.63, 3.8) is 0 Å². The molecule has 0 aliphatic carbocycles. The van der Waals surface area contributed by atoms with Gasteiger partial charge < -0.3 is 4.98 Å². The summed E-state index contributed by atoms with van der Waals surface area (Å²) in [6.45, 7) is 0. The van der Waals surface area contributed by atoms with E-state index in [1.165, 1.54) is 20.9 Å². The van der Waals surface area contributed by atoms with Crippen LogP contribution in [0.2, 0.25) is 0 Å². The van der Waals surface area contributed by atoms with Crippen molar-refractivity contribution in [1.29, 1.82) is 0 Å². The van der Waals surface area contributed by atoms with Gasteiger partial charge in [-0.1, -0.05) is 66.0 Å². The molecule has 3 aromatic rings. The summed E-state index contributed by atoms with van der Waals surface area (Å²) < 4.78 is -0.0784. The predicted octanol–water partition coefficient (Wildman–Crippen LogP) is 5.11. The van der Waals surface area contributed by atoms with Crippen molar-refractivity contribution in [2.45, 2.75) is 13.9 Å². The van der Waals surface area contributed by atoms with Crippen molar-refractivity contribution in [3.8, 4) is 0 Å². The molecule has 98 valence electrons. The van der Waals surface area contributed by atoms with E-state index >= 15 is 0 Å². The Labute approximate surface area is 126 Å². The second kappa shape index (κ2) is 4.76. The van der Waals surface area contributed by atoms with Crippen LogP contribution in [0.3, 0.4) is 0 Å². The van der Waals surface area contributed by atoms with E-state index in [2.05, 4.69) is 71.8 Å². The number of hydrogen-bond acceptors (Lipinski definition) is 2. The third kappa shape index (κ3) is 1.81. The lowest BCUT2D eigenvalue weighted by molar-refractivity contribution is 1.08. The minimum absolute atomic E-state index is 0.0784. The standard InChI is InChI=1S/C17H13NS2/c1-2-6-13(7-3-1)17(14-10-11-18-12-14)19-15-8-4-5-9-16(15)20-17/h1-12,18H. The molecule has 1 aromatic heterocycles. The number of aromatic amines is 1. The number of H-pyrrole nitrogens is 1. The average molecular weight is 295 g/mol. The maximum atomic E-state index is 3.20. The van der Waals surface area contributed by atoms with E-state index in [0.29, 0.717) is 0 Å². The van der Waals surface area contributed by atoms with Crippen LogP contribution in [0, 0.1) is 0 Å². The lowest BCUT2D eigenvalue weighted by atomic mass is 10.1. The number of aromatic nitrogens is 1. The van der Waals surface area contributed by atoms with Gasteiger partial charge in [0.1, 0.15) is 4.08 Å². The summed E-state index contributed by atoms with van der Waals surface area (Å²) in [6.07, 6.45) is 4.11. The minimum atomic E-state index is -0.0784. The molecule has 0 spiro atoms. The first kappa shape index (κ1) is 12.2. The Bertz CT molecular complexity index is 695. The molecule has 1 aliphatic heterocycles. The molecule has 1 aliphatic rings. The van der Waals surface area contributed by atoms with Crippen LogP contribution in [-0.4, -0.2) is 4.98 Å². The molecular formula is C17H13NS2. The quantitative estimate of drug-likeness (QED) is 0.706. The molecule has 0 atom stereocenters. The lowest BCUT2D eigenvalue weighted by Gasteiger charge is -2.27. The van der Waals surface area contributed by atoms with Gasteiger partial charge in [0.25, 0.3) is 0 Å². The summed E-state index contributed by atoms with van der Waals surface area (Å²) >= 11 is 3.87. The Morgan fingerprint density at radius 1 is 0.700 bits per heavy atom. The Morgan fingerprint density at radius 2 is 1.35 bits per heavy atom. The van der Waals surface area contributed by atoms with Crippen molar-refractivity contribution >= 4 is 23.5 Å². The highest BCUT2D eigenvalue weighted by Crippen LogP contribution is 2.64. The second-order valence-electron chi connectivity index (χ2n) is 4.73. The smallest absolute Gasteiger partial charge is 0.122 e. The summed E-state index contributed by atoms with van der Waals surface area (Å²) in [6, 6.07) is 21.6. The maximum Gasteiger partial charge on any atom is 0.122 e. The SMILES string of the molecule is c1ccc(C2(c3cc[nH]c3)Sc3ccccc3S2)cc1. The summed E-state index contributed by atoms with van der Waals surface area (Å²) in [7, 11) is 0. The molecule has 20 heavy (non-hydrogen) atoms. The van der Waals surface area contributed by atoms with Gasteiger partial charge in [0, 0.05) is 27.7 Å². The Kier molecular flexibility index (Phi) is 2.90. The zero-order valence-electron chi connectivity index (χ0n) is 10.7. The van der Waals surface area contributed by atoms with Crippen LogP contribution in [0.15, 0.2) is 82.8 Å². The zero-order chi connectivity index (χ0) is 13.4. The lowest BCUT2D eigenvalue weighted by Crippen LogP contribution is -2.15. The van der Waals surface area contributed by atoms with E-state index in [0.717, 1.165) is 0 Å². The van der Waals surface area contributed by atoms with E-state index in [9.17, 15) is 0 Å². The van der Waals surface area contributed by atoms with Crippen molar-refractivity contribution in [2.24, 2.45) is 0 Å². The zero-order valence-corrected chi connectivity index (χ0v) is 12.4. The van der Waals surface area contributed by atoms with Crippen molar-refractivity contribution in [2.75, 3.05) is 0 Å². The first-order valence-corrected chi connectivity index (χ1v) is 8.18. The van der Waals surface area contributed by atoms with Gasteiger partial charge in [-0.2, -0.15) is 0 Å². The Morgan fingerprint density at radius 3 is 1.95 bits per heavy atom. The highest BCUT2D eigenvalue weighted by atomic mass is 32.2. The molecule has 4 rings (SSSR count). The minimum Gasteiger partial charge on any atom is -0.367 e. The van der Waals surface area contributed by atoms with E-state index < -0.39 is 0 Å². The van der Waals surface area contributed by atoms with Gasteiger partial charge in [-0.05, 0) is 23.8 Å². The fraction of sp³-hybridized carbons (Fsp3) is 0.0588. The fourth-order valence-electron chi connectivity index (χ4n) is 2.54. The van der Waals surface area contributed by atoms with E-state index in [1.807, 2.05) is 29.7 Å². The fourth-order valence-corrected chi connectivity index (χ4v) is 5.74. The van der Waals surface area contributed by atoms with Crippen LogP contribution in [-0.2, 0) is 4.08 Å². The van der Waals surface area contributed by atoms with Gasteiger partial charge in [0.05, 0.1) is 0 Å². The molecular weight excluding hydrogens is 282 g/mol. The number of benzene rings is 2. The first-order valence-electron chi connectivity index (χ1n) is 6.54. The van der Waals surface area contributed by atoms with Gasteiger partial charge in [-0.15, -0.1) is 0 Å². The Hall–Kier alpha value is -1.58. The van der Waals surface area contributed by atoms with Gasteiger partial charge in [-0.25, -0.2) is 0 Å². The molecule has 0 bridgehead atoms. The monoisotopic (exact) mass is 295 g/mol. The van der Waals surface area contributed by atoms with E-state index in [-0.39, 0.29) is 4.08 Å². The highest BCUT2D eigenvalue weighted by molar-refractivity contribution is 8.20. The first-order chi connectivity index (χ1) is 9.88. The summed E-state index contributed by atoms with van der Waals surface area (Å²) in [5.74, 6) is 0. The summed E-state index contributed by atoms with van der Waals surface area (Å²) in [5.41, 5.74) is 2.65. The van der Waals surface area contributed by atoms with E-state index in [1.54, 1.807) is 0 Å². The van der Waals surface area contributed by atoms with Crippen LogP contribution in [0.1, 0.15) is 11.1 Å². The molecule has 3 heteroatoms. The van der Waals surface area contributed by atoms with Crippen molar-refractivity contribution < 1.29 is 0 Å². The van der Waals surface area contributed by atoms with Crippen LogP contribution in [0.4, 0.5) is 0 Å².